The lowest BCUT2D eigenvalue weighted by Gasteiger charge is -2.45. The van der Waals surface area contributed by atoms with E-state index in [0.29, 0.717) is 16.9 Å². The molecule has 160 valence electrons. The molecular weight excluding hydrogens is 390 g/mol. The Morgan fingerprint density at radius 1 is 0.900 bits per heavy atom. The minimum absolute atomic E-state index is 0.0262. The van der Waals surface area contributed by atoms with Crippen LogP contribution in [0.4, 0.5) is 0 Å². The number of ketones is 1. The minimum Gasteiger partial charge on any atom is -0.497 e. The van der Waals surface area contributed by atoms with Gasteiger partial charge in [0.05, 0.1) is 26.9 Å². The van der Waals surface area contributed by atoms with Gasteiger partial charge in [0.2, 0.25) is 11.4 Å². The van der Waals surface area contributed by atoms with E-state index in [1.165, 1.54) is 35.0 Å². The highest BCUT2D eigenvalue weighted by atomic mass is 16.5. The van der Waals surface area contributed by atoms with Crippen LogP contribution in [0.3, 0.4) is 0 Å². The molecule has 1 aliphatic heterocycles. The van der Waals surface area contributed by atoms with Crippen LogP contribution in [-0.2, 0) is 28.7 Å². The summed E-state index contributed by atoms with van der Waals surface area (Å²) in [6, 6.07) is 6.83. The topological polar surface area (TPSA) is 99.2 Å². The van der Waals surface area contributed by atoms with Gasteiger partial charge in [-0.3, -0.25) is 14.5 Å². The van der Waals surface area contributed by atoms with E-state index in [9.17, 15) is 19.2 Å². The zero-order valence-electron chi connectivity index (χ0n) is 18.1. The fourth-order valence-corrected chi connectivity index (χ4v) is 3.98. The van der Waals surface area contributed by atoms with Crippen molar-refractivity contribution in [3.63, 3.8) is 0 Å². The van der Waals surface area contributed by atoms with E-state index in [1.54, 1.807) is 31.2 Å². The molecule has 1 heterocycles. The van der Waals surface area contributed by atoms with Crippen molar-refractivity contribution in [3.05, 3.63) is 46.7 Å². The molecule has 1 amide bonds. The number of nitrogens with zero attached hydrogens (tertiary/aromatic N) is 1. The van der Waals surface area contributed by atoms with Crippen molar-refractivity contribution in [2.75, 3.05) is 21.3 Å². The largest absolute Gasteiger partial charge is 0.497 e. The molecule has 1 atom stereocenters. The zero-order chi connectivity index (χ0) is 22.8. The zero-order valence-corrected chi connectivity index (χ0v) is 18.1. The number of allylic oxidation sites excluding steroid dienone is 1. The van der Waals surface area contributed by atoms with Gasteiger partial charge in [-0.05, 0) is 44.0 Å². The minimum atomic E-state index is -2.11. The Kier molecular flexibility index (Phi) is 6.50. The Bertz CT molecular complexity index is 972. The number of methoxy groups -OCH3 is 3. The number of rotatable bonds is 5. The number of Topliss-reactive ketones (excluding diaryl/α,β-unsaturated/α-hetero) is 1. The molecule has 0 N–H and O–H groups in total. The first-order valence-electron chi connectivity index (χ1n) is 9.15. The molecule has 8 heteroatoms. The van der Waals surface area contributed by atoms with Gasteiger partial charge >= 0.3 is 11.9 Å². The number of ether oxygens (including phenoxy) is 3. The van der Waals surface area contributed by atoms with Crippen molar-refractivity contribution >= 4 is 29.2 Å². The molecule has 0 bridgehead atoms. The van der Waals surface area contributed by atoms with E-state index >= 15 is 0 Å². The van der Waals surface area contributed by atoms with Gasteiger partial charge < -0.3 is 14.2 Å². The van der Waals surface area contributed by atoms with E-state index in [-0.39, 0.29) is 16.8 Å². The van der Waals surface area contributed by atoms with E-state index in [4.69, 9.17) is 14.2 Å². The van der Waals surface area contributed by atoms with E-state index in [2.05, 4.69) is 0 Å². The van der Waals surface area contributed by atoms with Crippen LogP contribution >= 0.6 is 0 Å². The van der Waals surface area contributed by atoms with Crippen LogP contribution < -0.4 is 4.74 Å². The maximum Gasteiger partial charge on any atom is 0.344 e. The van der Waals surface area contributed by atoms with Crippen molar-refractivity contribution in [1.82, 2.24) is 4.90 Å². The Balaban J connectivity index is 3.01. The van der Waals surface area contributed by atoms with Gasteiger partial charge in [-0.2, -0.15) is 0 Å². The van der Waals surface area contributed by atoms with Crippen molar-refractivity contribution in [2.45, 2.75) is 33.2 Å². The first-order chi connectivity index (χ1) is 14.1. The molecule has 0 aliphatic carbocycles. The first kappa shape index (κ1) is 22.9. The molecule has 30 heavy (non-hydrogen) atoms. The summed E-state index contributed by atoms with van der Waals surface area (Å²) in [5, 5.41) is 0. The van der Waals surface area contributed by atoms with E-state index < -0.39 is 29.2 Å². The average Bonchev–Trinajstić information content (AvgIpc) is 2.72. The number of esters is 2. The summed E-state index contributed by atoms with van der Waals surface area (Å²) >= 11 is 0. The van der Waals surface area contributed by atoms with Crippen molar-refractivity contribution in [3.8, 4) is 5.75 Å². The Morgan fingerprint density at radius 3 is 1.87 bits per heavy atom. The predicted molar refractivity (Wildman–Crippen MR) is 108 cm³/mol. The molecule has 1 aromatic rings. The molecule has 0 aromatic heterocycles. The summed E-state index contributed by atoms with van der Waals surface area (Å²) < 4.78 is 15.1. The molecule has 0 fully saturated rings. The lowest BCUT2D eigenvalue weighted by atomic mass is 9.75. The standard InChI is InChI=1S/C22H25NO7/c1-12-18(20(26)29-6)19(16-8-10-17(28-5)11-9-16)13(2)23(15(4)25)22(12,14(3)24)21(27)30-7/h8-11H,1-7H3/t22-/m1/s1. The molecule has 0 unspecified atom stereocenters. The van der Waals surface area contributed by atoms with Crippen molar-refractivity contribution in [2.24, 2.45) is 0 Å². The number of carbonyl (C=O) groups is 4. The second-order valence-electron chi connectivity index (χ2n) is 6.79. The number of carbonyl (C=O) groups excluding carboxylic acids is 4. The Labute approximate surface area is 175 Å². The van der Waals surface area contributed by atoms with Gasteiger partial charge in [0.1, 0.15) is 5.75 Å². The summed E-state index contributed by atoms with van der Waals surface area (Å²) in [6.45, 7) is 5.44. The van der Waals surface area contributed by atoms with Crippen molar-refractivity contribution in [1.29, 1.82) is 0 Å². The number of benzene rings is 1. The Hall–Kier alpha value is -3.42. The maximum absolute atomic E-state index is 12.9. The highest BCUT2D eigenvalue weighted by Crippen LogP contribution is 2.45. The summed E-state index contributed by atoms with van der Waals surface area (Å²) in [5.41, 5.74) is -0.818. The number of hydrogen-bond acceptors (Lipinski definition) is 7. The van der Waals surface area contributed by atoms with Crippen LogP contribution in [0.5, 0.6) is 5.75 Å². The quantitative estimate of drug-likeness (QED) is 0.537. The molecule has 1 aromatic carbocycles. The first-order valence-corrected chi connectivity index (χ1v) is 9.15. The van der Waals surface area contributed by atoms with Gasteiger partial charge in [0.15, 0.2) is 5.78 Å². The highest BCUT2D eigenvalue weighted by Gasteiger charge is 2.58. The van der Waals surface area contributed by atoms with Crippen LogP contribution in [0, 0.1) is 0 Å². The third-order valence-corrected chi connectivity index (χ3v) is 5.27. The summed E-state index contributed by atoms with van der Waals surface area (Å²) in [7, 11) is 3.85. The normalized spacial score (nSPS) is 18.8. The predicted octanol–water partition coefficient (Wildman–Crippen LogP) is 2.28. The molecule has 8 nitrogen and oxygen atoms in total. The monoisotopic (exact) mass is 415 g/mol. The number of amides is 1. The lowest BCUT2D eigenvalue weighted by Crippen LogP contribution is -2.63. The fourth-order valence-electron chi connectivity index (χ4n) is 3.98. The summed E-state index contributed by atoms with van der Waals surface area (Å²) in [5.74, 6) is -2.31. The maximum atomic E-state index is 12.9. The Morgan fingerprint density at radius 2 is 1.47 bits per heavy atom. The molecule has 0 saturated heterocycles. The second kappa shape index (κ2) is 8.52. The lowest BCUT2D eigenvalue weighted by molar-refractivity contribution is -0.161. The molecule has 2 rings (SSSR count). The second-order valence-corrected chi connectivity index (χ2v) is 6.79. The molecule has 0 spiro atoms. The molecular formula is C22H25NO7. The van der Waals surface area contributed by atoms with Gasteiger partial charge in [-0.25, -0.2) is 9.59 Å². The van der Waals surface area contributed by atoms with Crippen LogP contribution in [0.2, 0.25) is 0 Å². The third kappa shape index (κ3) is 3.28. The SMILES string of the molecule is COC(=O)C1=C(C)[C@@](C(C)=O)(C(=O)OC)N(C(C)=O)C(C)=C1c1ccc(OC)cc1. The summed E-state index contributed by atoms with van der Waals surface area (Å²) in [6.07, 6.45) is 0. The van der Waals surface area contributed by atoms with Gasteiger partial charge in [-0.1, -0.05) is 12.1 Å². The molecule has 1 aliphatic rings. The number of hydrogen-bond donors (Lipinski definition) is 0. The molecule has 0 radical (unpaired) electrons. The average molecular weight is 415 g/mol. The van der Waals surface area contributed by atoms with Gasteiger partial charge in [-0.15, -0.1) is 0 Å². The fraction of sp³-hybridized carbons (Fsp3) is 0.364. The van der Waals surface area contributed by atoms with Crippen LogP contribution in [-0.4, -0.2) is 55.4 Å². The summed E-state index contributed by atoms with van der Waals surface area (Å²) in [4.78, 5) is 52.4. The van der Waals surface area contributed by atoms with Crippen LogP contribution in [0.1, 0.15) is 33.3 Å². The highest BCUT2D eigenvalue weighted by molar-refractivity contribution is 6.19. The molecule has 0 saturated carbocycles. The van der Waals surface area contributed by atoms with Crippen LogP contribution in [0.15, 0.2) is 41.1 Å². The van der Waals surface area contributed by atoms with E-state index in [1.807, 2.05) is 0 Å². The van der Waals surface area contributed by atoms with Gasteiger partial charge in [0.25, 0.3) is 0 Å². The van der Waals surface area contributed by atoms with Crippen LogP contribution in [0.25, 0.3) is 5.57 Å². The van der Waals surface area contributed by atoms with Gasteiger partial charge in [0, 0.05) is 18.2 Å². The smallest absolute Gasteiger partial charge is 0.344 e. The third-order valence-electron chi connectivity index (χ3n) is 5.27. The van der Waals surface area contributed by atoms with Crippen molar-refractivity contribution < 1.29 is 33.4 Å². The van der Waals surface area contributed by atoms with E-state index in [0.717, 1.165) is 12.0 Å².